The third-order valence-corrected chi connectivity index (χ3v) is 3.13. The molecule has 0 saturated carbocycles. The maximum Gasteiger partial charge on any atom is 0.246 e. The van der Waals surface area contributed by atoms with Gasteiger partial charge in [-0.1, -0.05) is 25.7 Å². The summed E-state index contributed by atoms with van der Waals surface area (Å²) in [6.45, 7) is 3.76. The maximum atomic E-state index is 11.3. The summed E-state index contributed by atoms with van der Waals surface area (Å²) in [7, 11) is -3.40. The Bertz CT molecular complexity index is 625. The SMILES string of the molecule is CC(C)C(=O)COCC#Cc1cnc(S(C)(=O)=O)nc1. The second-order valence-corrected chi connectivity index (χ2v) is 6.35. The number of hydrogen-bond donors (Lipinski definition) is 0. The second kappa shape index (κ2) is 7.12. The fourth-order valence-corrected chi connectivity index (χ4v) is 1.57. The average molecular weight is 296 g/mol. The zero-order valence-electron chi connectivity index (χ0n) is 11.6. The standard InChI is InChI=1S/C13H16N2O4S/c1-10(2)12(16)9-19-6-4-5-11-7-14-13(15-8-11)20(3,17)18/h7-8,10H,6,9H2,1-3H3. The highest BCUT2D eigenvalue weighted by molar-refractivity contribution is 7.90. The Morgan fingerprint density at radius 1 is 1.35 bits per heavy atom. The van der Waals surface area contributed by atoms with Gasteiger partial charge >= 0.3 is 0 Å². The van der Waals surface area contributed by atoms with Gasteiger partial charge in [0.2, 0.25) is 15.0 Å². The highest BCUT2D eigenvalue weighted by Crippen LogP contribution is 2.00. The molecular formula is C13H16N2O4S. The van der Waals surface area contributed by atoms with E-state index < -0.39 is 9.84 Å². The van der Waals surface area contributed by atoms with E-state index >= 15 is 0 Å². The second-order valence-electron chi connectivity index (χ2n) is 4.44. The summed E-state index contributed by atoms with van der Waals surface area (Å²) < 4.78 is 27.4. The maximum absolute atomic E-state index is 11.3. The number of hydrogen-bond acceptors (Lipinski definition) is 6. The molecule has 0 unspecified atom stereocenters. The van der Waals surface area contributed by atoms with Gasteiger partial charge in [-0.15, -0.1) is 0 Å². The number of nitrogens with zero attached hydrogens (tertiary/aromatic N) is 2. The number of Topliss-reactive ketones (excluding diaryl/α,β-unsaturated/α-hetero) is 1. The molecule has 0 saturated heterocycles. The Labute approximate surface area is 118 Å². The van der Waals surface area contributed by atoms with Crippen LogP contribution < -0.4 is 0 Å². The molecule has 0 N–H and O–H groups in total. The highest BCUT2D eigenvalue weighted by atomic mass is 32.2. The Morgan fingerprint density at radius 3 is 2.45 bits per heavy atom. The predicted molar refractivity (Wildman–Crippen MR) is 72.7 cm³/mol. The molecule has 7 heteroatoms. The molecule has 1 heterocycles. The number of rotatable bonds is 5. The molecule has 0 radical (unpaired) electrons. The molecule has 0 aliphatic carbocycles. The molecule has 0 aromatic carbocycles. The first-order valence-corrected chi connectivity index (χ1v) is 7.81. The molecular weight excluding hydrogens is 280 g/mol. The summed E-state index contributed by atoms with van der Waals surface area (Å²) in [4.78, 5) is 18.7. The van der Waals surface area contributed by atoms with E-state index in [1.54, 1.807) is 13.8 Å². The van der Waals surface area contributed by atoms with E-state index in [0.29, 0.717) is 5.56 Å². The molecule has 0 amide bonds. The lowest BCUT2D eigenvalue weighted by molar-refractivity contribution is -0.126. The summed E-state index contributed by atoms with van der Waals surface area (Å²) in [6, 6.07) is 0. The molecule has 6 nitrogen and oxygen atoms in total. The Morgan fingerprint density at radius 2 is 1.95 bits per heavy atom. The van der Waals surface area contributed by atoms with Crippen molar-refractivity contribution in [3.63, 3.8) is 0 Å². The normalized spacial score (nSPS) is 11.0. The van der Waals surface area contributed by atoms with Crippen molar-refractivity contribution in [3.05, 3.63) is 18.0 Å². The molecule has 0 aliphatic heterocycles. The fraction of sp³-hybridized carbons (Fsp3) is 0.462. The Kier molecular flexibility index (Phi) is 5.80. The van der Waals surface area contributed by atoms with Crippen molar-refractivity contribution in [1.29, 1.82) is 0 Å². The lowest BCUT2D eigenvalue weighted by Gasteiger charge is -2.02. The monoisotopic (exact) mass is 296 g/mol. The number of ether oxygens (including phenoxy) is 1. The molecule has 1 rings (SSSR count). The van der Waals surface area contributed by atoms with E-state index in [2.05, 4.69) is 21.8 Å². The minimum absolute atomic E-state index is 0.0210. The van der Waals surface area contributed by atoms with Crippen LogP contribution in [0.15, 0.2) is 17.6 Å². The van der Waals surface area contributed by atoms with E-state index in [4.69, 9.17) is 4.74 Å². The minimum atomic E-state index is -3.40. The van der Waals surface area contributed by atoms with E-state index in [0.717, 1.165) is 6.26 Å². The summed E-state index contributed by atoms with van der Waals surface area (Å²) in [5.74, 6) is 5.39. The first kappa shape index (κ1) is 16.3. The van der Waals surface area contributed by atoms with Gasteiger partial charge in [-0.2, -0.15) is 0 Å². The minimum Gasteiger partial charge on any atom is -0.361 e. The number of carbonyl (C=O) groups excluding carboxylic acids is 1. The Hall–Kier alpha value is -1.78. The van der Waals surface area contributed by atoms with Gasteiger partial charge in [-0.3, -0.25) is 4.79 Å². The van der Waals surface area contributed by atoms with Gasteiger partial charge in [0.05, 0.1) is 5.56 Å². The average Bonchev–Trinajstić information content (AvgIpc) is 2.37. The van der Waals surface area contributed by atoms with Crippen molar-refractivity contribution in [2.45, 2.75) is 19.0 Å². The van der Waals surface area contributed by atoms with E-state index in [9.17, 15) is 13.2 Å². The topological polar surface area (TPSA) is 86.2 Å². The first-order valence-electron chi connectivity index (χ1n) is 5.92. The molecule has 0 bridgehead atoms. The highest BCUT2D eigenvalue weighted by Gasteiger charge is 2.09. The van der Waals surface area contributed by atoms with Crippen LogP contribution in [-0.2, 0) is 19.4 Å². The molecule has 0 aliphatic rings. The van der Waals surface area contributed by atoms with Crippen LogP contribution in [0.1, 0.15) is 19.4 Å². The van der Waals surface area contributed by atoms with Gasteiger partial charge in [-0.05, 0) is 0 Å². The van der Waals surface area contributed by atoms with Crippen LogP contribution in [0.4, 0.5) is 0 Å². The van der Waals surface area contributed by atoms with Gasteiger partial charge in [0.15, 0.2) is 5.78 Å². The fourth-order valence-electron chi connectivity index (χ4n) is 1.08. The quantitative estimate of drug-likeness (QED) is 0.446. The third-order valence-electron chi connectivity index (χ3n) is 2.26. The largest absolute Gasteiger partial charge is 0.361 e. The van der Waals surface area contributed by atoms with Gasteiger partial charge in [0, 0.05) is 24.6 Å². The van der Waals surface area contributed by atoms with Gasteiger partial charge < -0.3 is 4.74 Å². The van der Waals surface area contributed by atoms with Crippen molar-refractivity contribution in [2.75, 3.05) is 19.5 Å². The molecule has 1 aromatic rings. The molecule has 1 aromatic heterocycles. The summed E-state index contributed by atoms with van der Waals surface area (Å²) in [5.41, 5.74) is 0.483. The van der Waals surface area contributed by atoms with Crippen LogP contribution in [0, 0.1) is 17.8 Å². The van der Waals surface area contributed by atoms with Crippen molar-refractivity contribution in [3.8, 4) is 11.8 Å². The lowest BCUT2D eigenvalue weighted by Crippen LogP contribution is -2.14. The van der Waals surface area contributed by atoms with E-state index in [-0.39, 0.29) is 30.1 Å². The first-order chi connectivity index (χ1) is 9.30. The molecule has 0 atom stereocenters. The van der Waals surface area contributed by atoms with Crippen LogP contribution in [0.25, 0.3) is 0 Å². The zero-order chi connectivity index (χ0) is 15.2. The number of ketones is 1. The van der Waals surface area contributed by atoms with Crippen molar-refractivity contribution in [1.82, 2.24) is 9.97 Å². The lowest BCUT2D eigenvalue weighted by atomic mass is 10.1. The molecule has 20 heavy (non-hydrogen) atoms. The van der Waals surface area contributed by atoms with Crippen LogP contribution in [-0.4, -0.2) is 43.6 Å². The van der Waals surface area contributed by atoms with Gasteiger partial charge in [0.25, 0.3) is 0 Å². The van der Waals surface area contributed by atoms with Gasteiger partial charge in [-0.25, -0.2) is 18.4 Å². The van der Waals surface area contributed by atoms with Crippen molar-refractivity contribution < 1.29 is 17.9 Å². The molecule has 0 fully saturated rings. The van der Waals surface area contributed by atoms with Crippen LogP contribution >= 0.6 is 0 Å². The third kappa shape index (κ3) is 5.47. The van der Waals surface area contributed by atoms with Crippen molar-refractivity contribution >= 4 is 15.6 Å². The van der Waals surface area contributed by atoms with E-state index in [1.807, 2.05) is 0 Å². The summed E-state index contributed by atoms with van der Waals surface area (Å²) >= 11 is 0. The molecule has 108 valence electrons. The summed E-state index contributed by atoms with van der Waals surface area (Å²) in [5, 5.41) is -0.234. The smallest absolute Gasteiger partial charge is 0.246 e. The Balaban J connectivity index is 2.51. The van der Waals surface area contributed by atoms with Crippen LogP contribution in [0.3, 0.4) is 0 Å². The van der Waals surface area contributed by atoms with Gasteiger partial charge in [0.1, 0.15) is 13.2 Å². The predicted octanol–water partition coefficient (Wildman–Crippen LogP) is 0.473. The van der Waals surface area contributed by atoms with Crippen LogP contribution in [0.5, 0.6) is 0 Å². The van der Waals surface area contributed by atoms with E-state index in [1.165, 1.54) is 12.4 Å². The zero-order valence-corrected chi connectivity index (χ0v) is 12.4. The number of carbonyl (C=O) groups is 1. The summed E-state index contributed by atoms with van der Waals surface area (Å²) in [6.07, 6.45) is 3.69. The van der Waals surface area contributed by atoms with Crippen LogP contribution in [0.2, 0.25) is 0 Å². The molecule has 0 spiro atoms. The number of sulfone groups is 1. The van der Waals surface area contributed by atoms with Crippen molar-refractivity contribution in [2.24, 2.45) is 5.92 Å². The number of aromatic nitrogens is 2.